The summed E-state index contributed by atoms with van der Waals surface area (Å²) < 4.78 is 37.7. The van der Waals surface area contributed by atoms with Gasteiger partial charge in [-0.3, -0.25) is 0 Å². The van der Waals surface area contributed by atoms with E-state index in [1.165, 1.54) is 12.1 Å². The zero-order chi connectivity index (χ0) is 15.9. The fourth-order valence-corrected chi connectivity index (χ4v) is 2.35. The van der Waals surface area contributed by atoms with Crippen molar-refractivity contribution < 1.29 is 13.2 Å². The molecular formula is C17H26F3N. The molecule has 21 heavy (non-hydrogen) atoms. The second kappa shape index (κ2) is 8.42. The smallest absolute Gasteiger partial charge is 0.314 e. The summed E-state index contributed by atoms with van der Waals surface area (Å²) in [6, 6.07) is 5.88. The van der Waals surface area contributed by atoms with Crippen molar-refractivity contribution in [2.75, 3.05) is 6.54 Å². The first-order valence-corrected chi connectivity index (χ1v) is 7.76. The van der Waals surface area contributed by atoms with E-state index in [1.54, 1.807) is 12.1 Å². The minimum absolute atomic E-state index is 0.330. The molecule has 0 spiro atoms. The lowest BCUT2D eigenvalue weighted by Gasteiger charge is -2.22. The van der Waals surface area contributed by atoms with Crippen LogP contribution in [0.4, 0.5) is 13.2 Å². The van der Waals surface area contributed by atoms with Crippen molar-refractivity contribution >= 4 is 0 Å². The fraction of sp³-hybridized carbons (Fsp3) is 0.647. The number of hydrogen-bond acceptors (Lipinski definition) is 1. The van der Waals surface area contributed by atoms with Crippen LogP contribution >= 0.6 is 0 Å². The van der Waals surface area contributed by atoms with Crippen molar-refractivity contribution in [1.82, 2.24) is 5.32 Å². The van der Waals surface area contributed by atoms with Gasteiger partial charge in [0, 0.05) is 6.04 Å². The minimum atomic E-state index is -4.25. The highest BCUT2D eigenvalue weighted by Crippen LogP contribution is 2.29. The summed E-state index contributed by atoms with van der Waals surface area (Å²) in [5, 5.41) is 3.51. The molecule has 0 aliphatic heterocycles. The van der Waals surface area contributed by atoms with Crippen molar-refractivity contribution in [2.24, 2.45) is 5.92 Å². The molecule has 1 aromatic carbocycles. The summed E-state index contributed by atoms with van der Waals surface area (Å²) >= 11 is 0. The Morgan fingerprint density at radius 3 is 2.19 bits per heavy atom. The van der Waals surface area contributed by atoms with Gasteiger partial charge in [0.1, 0.15) is 0 Å². The molecule has 0 aromatic heterocycles. The van der Waals surface area contributed by atoms with E-state index in [4.69, 9.17) is 0 Å². The van der Waals surface area contributed by atoms with Crippen LogP contribution in [-0.2, 0) is 12.6 Å². The molecule has 1 aromatic rings. The summed E-state index contributed by atoms with van der Waals surface area (Å²) in [7, 11) is 0. The summed E-state index contributed by atoms with van der Waals surface area (Å²) in [5.41, 5.74) is 0.381. The first-order valence-electron chi connectivity index (χ1n) is 7.76. The molecule has 0 fully saturated rings. The standard InChI is InChI=1S/C17H26F3N/c1-4-10-21-16(11-13(3)5-2)12-14-6-8-15(9-7-14)17(18,19)20/h6-9,13,16,21H,4-5,10-12H2,1-3H3. The largest absolute Gasteiger partial charge is 0.416 e. The third-order valence-electron chi connectivity index (χ3n) is 3.83. The lowest BCUT2D eigenvalue weighted by atomic mass is 9.94. The van der Waals surface area contributed by atoms with Gasteiger partial charge in [0.25, 0.3) is 0 Å². The van der Waals surface area contributed by atoms with Gasteiger partial charge in [0.05, 0.1) is 5.56 Å². The Labute approximate surface area is 125 Å². The molecule has 120 valence electrons. The van der Waals surface area contributed by atoms with E-state index in [1.807, 2.05) is 0 Å². The average Bonchev–Trinajstić information content (AvgIpc) is 2.44. The van der Waals surface area contributed by atoms with Crippen molar-refractivity contribution in [3.8, 4) is 0 Å². The molecular weight excluding hydrogens is 275 g/mol. The molecule has 1 N–H and O–H groups in total. The molecule has 0 aliphatic rings. The number of nitrogens with one attached hydrogen (secondary N) is 1. The van der Waals surface area contributed by atoms with Crippen LogP contribution in [0, 0.1) is 5.92 Å². The molecule has 0 saturated heterocycles. The van der Waals surface area contributed by atoms with Gasteiger partial charge >= 0.3 is 6.18 Å². The Morgan fingerprint density at radius 2 is 1.71 bits per heavy atom. The van der Waals surface area contributed by atoms with Gasteiger partial charge in [-0.1, -0.05) is 39.3 Å². The molecule has 0 heterocycles. The van der Waals surface area contributed by atoms with E-state index in [-0.39, 0.29) is 0 Å². The Hall–Kier alpha value is -1.03. The van der Waals surface area contributed by atoms with Gasteiger partial charge in [0.2, 0.25) is 0 Å². The Bertz CT molecular complexity index is 397. The first kappa shape index (κ1) is 18.0. The quantitative estimate of drug-likeness (QED) is 0.708. The lowest BCUT2D eigenvalue weighted by molar-refractivity contribution is -0.137. The van der Waals surface area contributed by atoms with Gasteiger partial charge < -0.3 is 5.32 Å². The molecule has 1 rings (SSSR count). The Balaban J connectivity index is 2.68. The predicted octanol–water partition coefficient (Wildman–Crippen LogP) is 5.05. The third kappa shape index (κ3) is 6.51. The van der Waals surface area contributed by atoms with Crippen LogP contribution in [0.3, 0.4) is 0 Å². The average molecular weight is 301 g/mol. The topological polar surface area (TPSA) is 12.0 Å². The lowest BCUT2D eigenvalue weighted by Crippen LogP contribution is -2.33. The van der Waals surface area contributed by atoms with E-state index < -0.39 is 11.7 Å². The zero-order valence-corrected chi connectivity index (χ0v) is 13.1. The van der Waals surface area contributed by atoms with Crippen LogP contribution in [0.2, 0.25) is 0 Å². The van der Waals surface area contributed by atoms with Crippen molar-refractivity contribution in [3.63, 3.8) is 0 Å². The third-order valence-corrected chi connectivity index (χ3v) is 3.83. The predicted molar refractivity (Wildman–Crippen MR) is 81.3 cm³/mol. The number of alkyl halides is 3. The van der Waals surface area contributed by atoms with Crippen LogP contribution in [0.15, 0.2) is 24.3 Å². The summed E-state index contributed by atoms with van der Waals surface area (Å²) in [6.45, 7) is 7.44. The molecule has 2 unspecified atom stereocenters. The fourth-order valence-electron chi connectivity index (χ4n) is 2.35. The molecule has 1 nitrogen and oxygen atoms in total. The number of hydrogen-bond donors (Lipinski definition) is 1. The van der Waals surface area contributed by atoms with Crippen LogP contribution < -0.4 is 5.32 Å². The van der Waals surface area contributed by atoms with Gasteiger partial charge in [-0.25, -0.2) is 0 Å². The maximum absolute atomic E-state index is 12.6. The number of benzene rings is 1. The van der Waals surface area contributed by atoms with E-state index in [0.29, 0.717) is 12.0 Å². The monoisotopic (exact) mass is 301 g/mol. The normalized spacial score (nSPS) is 15.0. The summed E-state index contributed by atoms with van der Waals surface area (Å²) in [6.07, 6.45) is -0.240. The Kier molecular flexibility index (Phi) is 7.23. The molecule has 2 atom stereocenters. The van der Waals surface area contributed by atoms with Gasteiger partial charge in [0.15, 0.2) is 0 Å². The zero-order valence-electron chi connectivity index (χ0n) is 13.1. The first-order chi connectivity index (χ1) is 9.86. The molecule has 0 amide bonds. The van der Waals surface area contributed by atoms with Crippen LogP contribution in [0.25, 0.3) is 0 Å². The van der Waals surface area contributed by atoms with Crippen LogP contribution in [0.5, 0.6) is 0 Å². The highest BCUT2D eigenvalue weighted by Gasteiger charge is 2.30. The van der Waals surface area contributed by atoms with Crippen LogP contribution in [-0.4, -0.2) is 12.6 Å². The number of halogens is 3. The van der Waals surface area contributed by atoms with Gasteiger partial charge in [-0.05, 0) is 49.4 Å². The van der Waals surface area contributed by atoms with E-state index >= 15 is 0 Å². The molecule has 0 bridgehead atoms. The Morgan fingerprint density at radius 1 is 1.10 bits per heavy atom. The van der Waals surface area contributed by atoms with E-state index in [2.05, 4.69) is 26.1 Å². The van der Waals surface area contributed by atoms with Gasteiger partial charge in [-0.2, -0.15) is 13.2 Å². The van der Waals surface area contributed by atoms with Crippen LogP contribution in [0.1, 0.15) is 51.2 Å². The maximum Gasteiger partial charge on any atom is 0.416 e. The molecule has 0 radical (unpaired) electrons. The van der Waals surface area contributed by atoms with Crippen molar-refractivity contribution in [2.45, 2.75) is 58.7 Å². The van der Waals surface area contributed by atoms with Gasteiger partial charge in [-0.15, -0.1) is 0 Å². The minimum Gasteiger partial charge on any atom is -0.314 e. The molecule has 4 heteroatoms. The van der Waals surface area contributed by atoms with E-state index in [9.17, 15) is 13.2 Å². The summed E-state index contributed by atoms with van der Waals surface area (Å²) in [4.78, 5) is 0. The van der Waals surface area contributed by atoms with Crippen molar-refractivity contribution in [3.05, 3.63) is 35.4 Å². The van der Waals surface area contributed by atoms with Crippen molar-refractivity contribution in [1.29, 1.82) is 0 Å². The number of rotatable bonds is 8. The second-order valence-electron chi connectivity index (χ2n) is 5.80. The molecule has 0 saturated carbocycles. The molecule has 0 aliphatic carbocycles. The summed E-state index contributed by atoms with van der Waals surface area (Å²) in [5.74, 6) is 0.619. The van der Waals surface area contributed by atoms with E-state index in [0.717, 1.165) is 37.8 Å². The maximum atomic E-state index is 12.6. The highest BCUT2D eigenvalue weighted by atomic mass is 19.4. The second-order valence-corrected chi connectivity index (χ2v) is 5.80. The SMILES string of the molecule is CCCNC(Cc1ccc(C(F)(F)F)cc1)CC(C)CC. The highest BCUT2D eigenvalue weighted by molar-refractivity contribution is 5.25.